The van der Waals surface area contributed by atoms with Crippen molar-refractivity contribution in [2.75, 3.05) is 90.0 Å². The maximum absolute atomic E-state index is 5.93. The fraction of sp³-hybridized carbons (Fsp3) is 0.913. The molecule has 1 unspecified atom stereocenters. The van der Waals surface area contributed by atoms with Crippen LogP contribution in [0.3, 0.4) is 0 Å². The van der Waals surface area contributed by atoms with E-state index in [2.05, 4.69) is 6.92 Å². The molecule has 3 rings (SSSR count). The molecule has 0 spiro atoms. The zero-order chi connectivity index (χ0) is 64.5. The molecular formula is C69H158N16. The van der Waals surface area contributed by atoms with Crippen molar-refractivity contribution in [3.05, 3.63) is 23.3 Å². The molecule has 1 aromatic rings. The SMILES string of the molecule is CC(CCN)CCCCN.Cc1ccc(C)c(N)c1N.NC1CCC(CC2CCC(N)CC2)CC1.NCCCCCCCCCCN.NCCCCCCCCCN.NCCCCCCCCN.NCCCCCCCN.NCCCCCCN. The van der Waals surface area contributed by atoms with E-state index in [9.17, 15) is 0 Å². The summed E-state index contributed by atoms with van der Waals surface area (Å²) in [5.74, 6) is 2.74. The first-order valence-corrected chi connectivity index (χ1v) is 35.8. The van der Waals surface area contributed by atoms with E-state index in [0.29, 0.717) is 23.5 Å². The van der Waals surface area contributed by atoms with Crippen LogP contribution in [0.4, 0.5) is 11.4 Å². The van der Waals surface area contributed by atoms with Crippen LogP contribution >= 0.6 is 0 Å². The van der Waals surface area contributed by atoms with Crippen LogP contribution in [0.1, 0.15) is 294 Å². The molecule has 2 aliphatic rings. The van der Waals surface area contributed by atoms with Gasteiger partial charge in [0.15, 0.2) is 0 Å². The van der Waals surface area contributed by atoms with Gasteiger partial charge in [-0.3, -0.25) is 0 Å². The van der Waals surface area contributed by atoms with Crippen LogP contribution in [0.5, 0.6) is 0 Å². The fourth-order valence-corrected chi connectivity index (χ4v) is 10.2. The Morgan fingerprint density at radius 1 is 0.282 bits per heavy atom. The Balaban J connectivity index is -0.000000289. The van der Waals surface area contributed by atoms with Gasteiger partial charge in [-0.2, -0.15) is 0 Å². The topological polar surface area (TPSA) is 416 Å². The van der Waals surface area contributed by atoms with Crippen molar-refractivity contribution in [2.24, 2.45) is 98.0 Å². The van der Waals surface area contributed by atoms with Gasteiger partial charge < -0.3 is 91.7 Å². The number of hydrogen-bond donors (Lipinski definition) is 16. The number of nitrogens with two attached hydrogens (primary N) is 16. The average Bonchev–Trinajstić information content (AvgIpc) is 3.61. The number of nitrogen functional groups attached to an aromatic ring is 2. The molecule has 2 saturated carbocycles. The van der Waals surface area contributed by atoms with Crippen molar-refractivity contribution in [2.45, 2.75) is 309 Å². The van der Waals surface area contributed by atoms with Crippen LogP contribution < -0.4 is 91.7 Å². The molecule has 2 aliphatic carbocycles. The quantitative estimate of drug-likeness (QED) is 0.0213. The fourth-order valence-electron chi connectivity index (χ4n) is 10.2. The molecule has 514 valence electrons. The van der Waals surface area contributed by atoms with Gasteiger partial charge in [-0.05, 0) is 256 Å². The average molecular weight is 1210 g/mol. The second kappa shape index (κ2) is 80.3. The summed E-state index contributed by atoms with van der Waals surface area (Å²) in [5.41, 5.74) is 90.9. The molecule has 0 heterocycles. The van der Waals surface area contributed by atoms with E-state index in [1.54, 1.807) is 0 Å². The van der Waals surface area contributed by atoms with Crippen molar-refractivity contribution in [3.63, 3.8) is 0 Å². The normalized spacial score (nSPS) is 16.3. The summed E-state index contributed by atoms with van der Waals surface area (Å²) in [6, 6.07) is 4.95. The van der Waals surface area contributed by atoms with E-state index in [0.717, 1.165) is 133 Å². The second-order valence-electron chi connectivity index (χ2n) is 24.8. The summed E-state index contributed by atoms with van der Waals surface area (Å²) in [5, 5.41) is 0. The maximum Gasteiger partial charge on any atom is 0.0580 e. The first-order chi connectivity index (χ1) is 41.2. The molecule has 2 fully saturated rings. The van der Waals surface area contributed by atoms with E-state index in [-0.39, 0.29) is 0 Å². The molecule has 0 bridgehead atoms. The third-order valence-electron chi connectivity index (χ3n) is 16.3. The van der Waals surface area contributed by atoms with Gasteiger partial charge in [-0.15, -0.1) is 0 Å². The van der Waals surface area contributed by atoms with Crippen LogP contribution in [0, 0.1) is 31.6 Å². The summed E-state index contributed by atoms with van der Waals surface area (Å²) >= 11 is 0. The lowest BCUT2D eigenvalue weighted by Gasteiger charge is -2.32. The lowest BCUT2D eigenvalue weighted by molar-refractivity contribution is 0.225. The Morgan fingerprint density at radius 2 is 0.471 bits per heavy atom. The van der Waals surface area contributed by atoms with Crippen LogP contribution in [0.15, 0.2) is 12.1 Å². The molecule has 16 heteroatoms. The van der Waals surface area contributed by atoms with E-state index < -0.39 is 0 Å². The summed E-state index contributed by atoms with van der Waals surface area (Å²) in [6.45, 7) is 16.2. The first kappa shape index (κ1) is 92.0. The zero-order valence-electron chi connectivity index (χ0n) is 57.2. The minimum Gasteiger partial charge on any atom is -0.397 e. The van der Waals surface area contributed by atoms with E-state index in [1.165, 1.54) is 250 Å². The molecular weight excluding hydrogens is 1050 g/mol. The summed E-state index contributed by atoms with van der Waals surface area (Å²) in [4.78, 5) is 0. The Morgan fingerprint density at radius 3 is 0.659 bits per heavy atom. The number of benzene rings is 1. The van der Waals surface area contributed by atoms with Crippen LogP contribution in [0.2, 0.25) is 0 Å². The van der Waals surface area contributed by atoms with Crippen molar-refractivity contribution in [1.29, 1.82) is 0 Å². The number of rotatable bonds is 43. The highest BCUT2D eigenvalue weighted by Crippen LogP contribution is 2.34. The van der Waals surface area contributed by atoms with Gasteiger partial charge in [0.25, 0.3) is 0 Å². The van der Waals surface area contributed by atoms with Crippen molar-refractivity contribution in [3.8, 4) is 0 Å². The summed E-state index contributed by atoms with van der Waals surface area (Å²) in [7, 11) is 0. The molecule has 1 aromatic carbocycles. The standard InChI is InChI=1S/C13H26N2.C10H24N2.C9H22N2.C8H12N2.2C8H20N2.C7H18N2.C6H16N2/c14-12-5-1-10(2-6-12)9-11-3-7-13(15)8-4-11;11-9-7-5-3-1-2-4-6-8-10-12;10-8-6-4-2-1-3-5-7-9-11;1-5-3-4-6(2)8(10)7(5)9;1-8(5-7-10)4-2-3-6-9;9-7-5-3-1-2-4-6-8-10;8-6-4-2-1-3-5-7-9;7-5-3-1-2-4-6-8/h10-13H,1-9,14-15H2;1-12H2;1-11H2;3-4H,9-10H2,1-2H3;8H,2-7,9-10H2,1H3;1-10H2;1-9H2;1-8H2. The molecule has 0 aromatic heterocycles. The Bertz CT molecular complexity index is 1230. The lowest BCUT2D eigenvalue weighted by Crippen LogP contribution is -2.30. The summed E-state index contributed by atoms with van der Waals surface area (Å²) < 4.78 is 0. The highest BCUT2D eigenvalue weighted by atomic mass is 14.7. The van der Waals surface area contributed by atoms with Crippen molar-refractivity contribution < 1.29 is 0 Å². The van der Waals surface area contributed by atoms with Crippen molar-refractivity contribution >= 4 is 11.4 Å². The lowest BCUT2D eigenvalue weighted by atomic mass is 9.76. The van der Waals surface area contributed by atoms with E-state index >= 15 is 0 Å². The van der Waals surface area contributed by atoms with E-state index in [1.807, 2.05) is 26.0 Å². The third kappa shape index (κ3) is 78.3. The third-order valence-corrected chi connectivity index (χ3v) is 16.3. The monoisotopic (exact) mass is 1210 g/mol. The molecule has 16 nitrogen and oxygen atoms in total. The Labute approximate surface area is 529 Å². The highest BCUT2D eigenvalue weighted by molar-refractivity contribution is 5.70. The Kier molecular flexibility index (Phi) is 86.9. The van der Waals surface area contributed by atoms with Gasteiger partial charge >= 0.3 is 0 Å². The Hall–Kier alpha value is -1.74. The second-order valence-corrected chi connectivity index (χ2v) is 24.8. The van der Waals surface area contributed by atoms with Gasteiger partial charge in [0, 0.05) is 12.1 Å². The van der Waals surface area contributed by atoms with E-state index in [4.69, 9.17) is 91.7 Å². The molecule has 85 heavy (non-hydrogen) atoms. The van der Waals surface area contributed by atoms with Gasteiger partial charge in [-0.25, -0.2) is 0 Å². The van der Waals surface area contributed by atoms with Gasteiger partial charge in [-0.1, -0.05) is 160 Å². The molecule has 1 atom stereocenters. The predicted octanol–water partition coefficient (Wildman–Crippen LogP) is 11.2. The summed E-state index contributed by atoms with van der Waals surface area (Å²) in [6.07, 6.45) is 55.0. The molecule has 0 radical (unpaired) electrons. The van der Waals surface area contributed by atoms with Gasteiger partial charge in [0.2, 0.25) is 0 Å². The maximum atomic E-state index is 5.93. The number of unbranched alkanes of at least 4 members (excludes halogenated alkanes) is 26. The van der Waals surface area contributed by atoms with Crippen LogP contribution in [0.25, 0.3) is 0 Å². The molecule has 0 amide bonds. The number of anilines is 2. The predicted molar refractivity (Wildman–Crippen MR) is 384 cm³/mol. The first-order valence-electron chi connectivity index (χ1n) is 35.8. The molecule has 32 N–H and O–H groups in total. The largest absolute Gasteiger partial charge is 0.397 e. The number of hydrogen-bond acceptors (Lipinski definition) is 16. The van der Waals surface area contributed by atoms with Crippen LogP contribution in [-0.4, -0.2) is 90.6 Å². The van der Waals surface area contributed by atoms with Crippen LogP contribution in [-0.2, 0) is 0 Å². The number of aryl methyl sites for hydroxylation is 2. The van der Waals surface area contributed by atoms with Crippen molar-refractivity contribution in [1.82, 2.24) is 0 Å². The minimum atomic E-state index is 0.501. The van der Waals surface area contributed by atoms with Gasteiger partial charge in [0.1, 0.15) is 0 Å². The smallest absolute Gasteiger partial charge is 0.0580 e. The highest BCUT2D eigenvalue weighted by Gasteiger charge is 2.25. The zero-order valence-corrected chi connectivity index (χ0v) is 57.2. The molecule has 0 saturated heterocycles. The van der Waals surface area contributed by atoms with Gasteiger partial charge in [0.05, 0.1) is 11.4 Å². The minimum absolute atomic E-state index is 0.501. The molecule has 0 aliphatic heterocycles.